The number of para-hydroxylation sites is 4. The van der Waals surface area contributed by atoms with Crippen LogP contribution < -0.4 is 4.74 Å². The first-order valence-corrected chi connectivity index (χ1v) is 18.0. The second-order valence-corrected chi connectivity index (χ2v) is 13.6. The van der Waals surface area contributed by atoms with E-state index in [1.54, 1.807) is 0 Å². The number of nitrogens with zero attached hydrogens (tertiary/aromatic N) is 5. The van der Waals surface area contributed by atoms with Gasteiger partial charge in [0.25, 0.3) is 0 Å². The van der Waals surface area contributed by atoms with Gasteiger partial charge in [-0.2, -0.15) is 0 Å². The molecule has 0 amide bonds. The van der Waals surface area contributed by atoms with Crippen molar-refractivity contribution in [3.8, 4) is 68.0 Å². The maximum absolute atomic E-state index is 6.62. The predicted molar refractivity (Wildman–Crippen MR) is 212 cm³/mol. The van der Waals surface area contributed by atoms with E-state index < -0.39 is 5.41 Å². The topological polar surface area (TPSA) is 73.7 Å². The van der Waals surface area contributed by atoms with Gasteiger partial charge in [-0.25, -0.2) is 19.9 Å². The zero-order valence-electron chi connectivity index (χ0n) is 28.9. The molecule has 11 rings (SSSR count). The van der Waals surface area contributed by atoms with Crippen LogP contribution >= 0.6 is 0 Å². The van der Waals surface area contributed by atoms with Crippen LogP contribution in [0, 0.1) is 0 Å². The van der Waals surface area contributed by atoms with Crippen molar-refractivity contribution < 1.29 is 4.74 Å². The first-order valence-electron chi connectivity index (χ1n) is 18.0. The second kappa shape index (κ2) is 11.9. The van der Waals surface area contributed by atoms with E-state index in [4.69, 9.17) is 29.7 Å². The molecule has 54 heavy (non-hydrogen) atoms. The summed E-state index contributed by atoms with van der Waals surface area (Å²) in [6.07, 6.45) is 1.87. The van der Waals surface area contributed by atoms with Gasteiger partial charge in [-0.05, 0) is 52.6 Å². The Bertz CT molecular complexity index is 2820. The second-order valence-electron chi connectivity index (χ2n) is 13.6. The molecule has 0 unspecified atom stereocenters. The van der Waals surface area contributed by atoms with Crippen LogP contribution in [0.3, 0.4) is 0 Å². The van der Waals surface area contributed by atoms with Gasteiger partial charge in [0.15, 0.2) is 17.5 Å². The van der Waals surface area contributed by atoms with Gasteiger partial charge in [0.1, 0.15) is 11.5 Å². The molecule has 1 aliphatic carbocycles. The molecule has 6 nitrogen and oxygen atoms in total. The molecule has 1 aliphatic heterocycles. The first-order chi connectivity index (χ1) is 26.8. The van der Waals surface area contributed by atoms with Gasteiger partial charge in [0.05, 0.1) is 28.3 Å². The first kappa shape index (κ1) is 30.3. The van der Waals surface area contributed by atoms with Gasteiger partial charge in [0.2, 0.25) is 0 Å². The molecule has 0 fully saturated rings. The molecule has 0 saturated heterocycles. The fourth-order valence-electron chi connectivity index (χ4n) is 8.32. The quantitative estimate of drug-likeness (QED) is 0.183. The molecule has 6 heteroatoms. The molecule has 3 heterocycles. The molecule has 7 aromatic carbocycles. The van der Waals surface area contributed by atoms with Gasteiger partial charge in [-0.3, -0.25) is 4.98 Å². The van der Waals surface area contributed by atoms with E-state index in [2.05, 4.69) is 72.8 Å². The standard InChI is InChI=1S/C48H29N5O/c1-3-14-30(15-4-1)45-51-46(31-16-5-2-6-17-31)53-47(52-45)33-18-13-21-38-44(33)34-28-32(41-29-49-39-22-9-10-23-40(39)50-41)26-27-35(34)48(38)36-19-7-11-24-42(36)54-43-25-12-8-20-37(43)48/h1-29H. The lowest BCUT2D eigenvalue weighted by Crippen LogP contribution is -2.32. The van der Waals surface area contributed by atoms with Crippen LogP contribution in [0.2, 0.25) is 0 Å². The Morgan fingerprint density at radius 3 is 1.65 bits per heavy atom. The number of aromatic nitrogens is 5. The van der Waals surface area contributed by atoms with Gasteiger partial charge in [-0.15, -0.1) is 0 Å². The van der Waals surface area contributed by atoms with Crippen molar-refractivity contribution in [2.45, 2.75) is 5.41 Å². The summed E-state index contributed by atoms with van der Waals surface area (Å²) in [5.41, 5.74) is 12.2. The third-order valence-corrected chi connectivity index (χ3v) is 10.6. The fourth-order valence-corrected chi connectivity index (χ4v) is 8.32. The van der Waals surface area contributed by atoms with E-state index in [0.29, 0.717) is 17.5 Å². The van der Waals surface area contributed by atoms with Crippen LogP contribution in [-0.4, -0.2) is 24.9 Å². The number of hydrogen-bond acceptors (Lipinski definition) is 6. The number of hydrogen-bond donors (Lipinski definition) is 0. The predicted octanol–water partition coefficient (Wildman–Crippen LogP) is 11.0. The van der Waals surface area contributed by atoms with E-state index >= 15 is 0 Å². The largest absolute Gasteiger partial charge is 0.457 e. The smallest absolute Gasteiger partial charge is 0.164 e. The van der Waals surface area contributed by atoms with E-state index in [9.17, 15) is 0 Å². The highest BCUT2D eigenvalue weighted by Gasteiger charge is 2.51. The maximum atomic E-state index is 6.62. The Hall–Kier alpha value is -7.31. The van der Waals surface area contributed by atoms with Crippen LogP contribution in [-0.2, 0) is 5.41 Å². The highest BCUT2D eigenvalue weighted by Crippen LogP contribution is 2.63. The van der Waals surface area contributed by atoms with Crippen LogP contribution in [0.5, 0.6) is 11.5 Å². The molecule has 252 valence electrons. The Morgan fingerprint density at radius 2 is 0.963 bits per heavy atom. The lowest BCUT2D eigenvalue weighted by molar-refractivity contribution is 0.436. The molecule has 0 atom stereocenters. The fraction of sp³-hybridized carbons (Fsp3) is 0.0208. The summed E-state index contributed by atoms with van der Waals surface area (Å²) in [4.78, 5) is 25.3. The Kier molecular flexibility index (Phi) is 6.67. The molecule has 2 aromatic heterocycles. The van der Waals surface area contributed by atoms with Crippen molar-refractivity contribution >= 4 is 11.0 Å². The molecular formula is C48H29N5O. The van der Waals surface area contributed by atoms with Crippen LogP contribution in [0.1, 0.15) is 22.3 Å². The summed E-state index contributed by atoms with van der Waals surface area (Å²) in [7, 11) is 0. The van der Waals surface area contributed by atoms with Crippen molar-refractivity contribution in [1.82, 2.24) is 24.9 Å². The molecule has 9 aromatic rings. The molecule has 0 saturated carbocycles. The molecular weight excluding hydrogens is 663 g/mol. The van der Waals surface area contributed by atoms with Gasteiger partial charge < -0.3 is 4.74 Å². The van der Waals surface area contributed by atoms with E-state index in [0.717, 1.165) is 83.9 Å². The van der Waals surface area contributed by atoms with Crippen molar-refractivity contribution in [1.29, 1.82) is 0 Å². The third kappa shape index (κ3) is 4.50. The Morgan fingerprint density at radius 1 is 0.389 bits per heavy atom. The Labute approximate surface area is 311 Å². The average molecular weight is 692 g/mol. The summed E-state index contributed by atoms with van der Waals surface area (Å²) in [5.74, 6) is 3.51. The third-order valence-electron chi connectivity index (χ3n) is 10.6. The van der Waals surface area contributed by atoms with E-state index in [-0.39, 0.29) is 0 Å². The lowest BCUT2D eigenvalue weighted by atomic mass is 9.66. The van der Waals surface area contributed by atoms with E-state index in [1.807, 2.05) is 103 Å². The van der Waals surface area contributed by atoms with Gasteiger partial charge in [0, 0.05) is 33.4 Å². The van der Waals surface area contributed by atoms with Crippen molar-refractivity contribution in [3.63, 3.8) is 0 Å². The normalized spacial score (nSPS) is 13.1. The molecule has 0 radical (unpaired) electrons. The zero-order chi connectivity index (χ0) is 35.6. The Balaban J connectivity index is 1.23. The zero-order valence-corrected chi connectivity index (χ0v) is 28.9. The van der Waals surface area contributed by atoms with Crippen molar-refractivity contribution in [3.05, 3.63) is 198 Å². The monoisotopic (exact) mass is 691 g/mol. The minimum Gasteiger partial charge on any atom is -0.457 e. The number of fused-ring (bicyclic) bond motifs is 10. The maximum Gasteiger partial charge on any atom is 0.164 e. The van der Waals surface area contributed by atoms with Crippen molar-refractivity contribution in [2.75, 3.05) is 0 Å². The highest BCUT2D eigenvalue weighted by molar-refractivity contribution is 5.97. The number of benzene rings is 7. The summed E-state index contributed by atoms with van der Waals surface area (Å²) in [5, 5.41) is 0. The van der Waals surface area contributed by atoms with Crippen LogP contribution in [0.15, 0.2) is 176 Å². The van der Waals surface area contributed by atoms with Crippen LogP contribution in [0.25, 0.3) is 67.6 Å². The van der Waals surface area contributed by atoms with Gasteiger partial charge in [-0.1, -0.05) is 140 Å². The number of ether oxygens (including phenoxy) is 1. The summed E-state index contributed by atoms with van der Waals surface area (Å²) in [6.45, 7) is 0. The summed E-state index contributed by atoms with van der Waals surface area (Å²) in [6, 6.07) is 58.2. The van der Waals surface area contributed by atoms with Crippen LogP contribution in [0.4, 0.5) is 0 Å². The minimum absolute atomic E-state index is 0.604. The molecule has 0 N–H and O–H groups in total. The van der Waals surface area contributed by atoms with E-state index in [1.165, 1.54) is 0 Å². The number of rotatable bonds is 4. The summed E-state index contributed by atoms with van der Waals surface area (Å²) >= 11 is 0. The van der Waals surface area contributed by atoms with Gasteiger partial charge >= 0.3 is 0 Å². The SMILES string of the molecule is c1ccc(-c2nc(-c3ccccc3)nc(-c3cccc4c3-c3cc(-c5cnc6ccccc6n5)ccc3C43c4ccccc4Oc4ccccc43)n2)cc1. The lowest BCUT2D eigenvalue weighted by Gasteiger charge is -2.39. The average Bonchev–Trinajstić information content (AvgIpc) is 3.54. The highest BCUT2D eigenvalue weighted by atomic mass is 16.5. The molecule has 0 bridgehead atoms. The molecule has 2 aliphatic rings. The summed E-state index contributed by atoms with van der Waals surface area (Å²) < 4.78 is 6.62. The van der Waals surface area contributed by atoms with Crippen molar-refractivity contribution in [2.24, 2.45) is 0 Å². The molecule has 1 spiro atoms. The minimum atomic E-state index is -0.669.